The van der Waals surface area contributed by atoms with E-state index in [4.69, 9.17) is 23.7 Å². The van der Waals surface area contributed by atoms with Crippen molar-refractivity contribution in [1.29, 1.82) is 0 Å². The Labute approximate surface area is 142 Å². The zero-order chi connectivity index (χ0) is 16.3. The molecule has 136 valence electrons. The largest absolute Gasteiger partial charge is 0.385 e. The van der Waals surface area contributed by atoms with Gasteiger partial charge in [-0.2, -0.15) is 0 Å². The molecule has 0 radical (unpaired) electrons. The Balaban J connectivity index is 1.34. The molecule has 3 aliphatic heterocycles. The monoisotopic (exact) mass is 340 g/mol. The second-order valence-corrected chi connectivity index (χ2v) is 8.14. The average molecular weight is 340 g/mol. The molecule has 6 nitrogen and oxygen atoms in total. The Kier molecular flexibility index (Phi) is 3.75. The van der Waals surface area contributed by atoms with Gasteiger partial charge >= 0.3 is 0 Å². The highest BCUT2D eigenvalue weighted by atomic mass is 16.9. The minimum atomic E-state index is -1.10. The predicted molar refractivity (Wildman–Crippen MR) is 83.1 cm³/mol. The van der Waals surface area contributed by atoms with E-state index in [0.717, 1.165) is 51.4 Å². The standard InChI is InChI=1S/C18H28O6/c19-15-14-13(22-17(23-14)9-5-2-6-10-17)11-20-18(15)12-21-16(24-18)7-3-1-4-8-16/h13-15,19H,1-12H2. The third-order valence-corrected chi connectivity index (χ3v) is 6.46. The van der Waals surface area contributed by atoms with E-state index in [1.54, 1.807) is 0 Å². The van der Waals surface area contributed by atoms with Gasteiger partial charge in [0.1, 0.15) is 24.9 Å². The molecule has 24 heavy (non-hydrogen) atoms. The highest BCUT2D eigenvalue weighted by molar-refractivity contribution is 5.03. The van der Waals surface area contributed by atoms with Crippen LogP contribution < -0.4 is 0 Å². The first kappa shape index (κ1) is 16.0. The quantitative estimate of drug-likeness (QED) is 0.729. The van der Waals surface area contributed by atoms with Crippen molar-refractivity contribution in [2.75, 3.05) is 13.2 Å². The number of aliphatic hydroxyl groups excluding tert-OH is 1. The summed E-state index contributed by atoms with van der Waals surface area (Å²) in [5.41, 5.74) is 0. The van der Waals surface area contributed by atoms with E-state index in [1.165, 1.54) is 12.8 Å². The summed E-state index contributed by atoms with van der Waals surface area (Å²) in [7, 11) is 0. The molecule has 3 heterocycles. The molecular weight excluding hydrogens is 312 g/mol. The maximum atomic E-state index is 11.0. The molecule has 0 aromatic rings. The van der Waals surface area contributed by atoms with Crippen molar-refractivity contribution < 1.29 is 28.8 Å². The third kappa shape index (κ3) is 2.38. The van der Waals surface area contributed by atoms with Gasteiger partial charge in [-0.15, -0.1) is 0 Å². The Morgan fingerprint density at radius 2 is 1.42 bits per heavy atom. The predicted octanol–water partition coefficient (Wildman–Crippen LogP) is 2.23. The normalized spacial score (nSPS) is 46.6. The van der Waals surface area contributed by atoms with Crippen LogP contribution in [0.25, 0.3) is 0 Å². The first-order valence-corrected chi connectivity index (χ1v) is 9.66. The molecule has 5 aliphatic rings. The minimum absolute atomic E-state index is 0.213. The van der Waals surface area contributed by atoms with Crippen LogP contribution in [0.3, 0.4) is 0 Å². The fourth-order valence-electron chi connectivity index (χ4n) is 5.14. The van der Waals surface area contributed by atoms with Crippen LogP contribution in [0.2, 0.25) is 0 Å². The van der Waals surface area contributed by atoms with Gasteiger partial charge in [-0.25, -0.2) is 0 Å². The van der Waals surface area contributed by atoms with E-state index in [-0.39, 0.29) is 18.8 Å². The lowest BCUT2D eigenvalue weighted by Gasteiger charge is -2.42. The van der Waals surface area contributed by atoms with Crippen LogP contribution in [0.15, 0.2) is 0 Å². The van der Waals surface area contributed by atoms with Crippen molar-refractivity contribution in [2.45, 2.75) is 99.9 Å². The molecule has 4 atom stereocenters. The van der Waals surface area contributed by atoms with Crippen molar-refractivity contribution >= 4 is 0 Å². The van der Waals surface area contributed by atoms with E-state index in [0.29, 0.717) is 6.61 Å². The molecule has 2 aliphatic carbocycles. The van der Waals surface area contributed by atoms with Gasteiger partial charge < -0.3 is 28.8 Å². The van der Waals surface area contributed by atoms with Gasteiger partial charge in [0, 0.05) is 25.7 Å². The molecule has 5 fully saturated rings. The first-order chi connectivity index (χ1) is 11.6. The number of rotatable bonds is 0. The molecule has 0 aromatic heterocycles. The maximum Gasteiger partial charge on any atom is 0.224 e. The molecule has 6 heteroatoms. The topological polar surface area (TPSA) is 66.4 Å². The fraction of sp³-hybridized carbons (Fsp3) is 1.00. The number of aliphatic hydroxyl groups is 1. The minimum Gasteiger partial charge on any atom is -0.385 e. The summed E-state index contributed by atoms with van der Waals surface area (Å²) in [5.74, 6) is -2.19. The number of hydrogen-bond acceptors (Lipinski definition) is 6. The van der Waals surface area contributed by atoms with Gasteiger partial charge in [-0.1, -0.05) is 12.8 Å². The number of hydrogen-bond donors (Lipinski definition) is 1. The molecule has 3 saturated heterocycles. The van der Waals surface area contributed by atoms with Crippen molar-refractivity contribution in [3.63, 3.8) is 0 Å². The smallest absolute Gasteiger partial charge is 0.224 e. The summed E-state index contributed by atoms with van der Waals surface area (Å²) in [6.07, 6.45) is 8.95. The molecule has 2 saturated carbocycles. The second kappa shape index (κ2) is 5.63. The molecule has 4 unspecified atom stereocenters. The lowest BCUT2D eigenvalue weighted by Crippen LogP contribution is -2.62. The number of ether oxygens (including phenoxy) is 5. The van der Waals surface area contributed by atoms with Crippen molar-refractivity contribution in [3.05, 3.63) is 0 Å². The third-order valence-electron chi connectivity index (χ3n) is 6.46. The molecule has 3 spiro atoms. The molecule has 0 bridgehead atoms. The van der Waals surface area contributed by atoms with E-state index < -0.39 is 23.5 Å². The highest BCUT2D eigenvalue weighted by Crippen LogP contribution is 2.50. The van der Waals surface area contributed by atoms with Crippen LogP contribution in [0.5, 0.6) is 0 Å². The van der Waals surface area contributed by atoms with Crippen LogP contribution in [-0.2, 0) is 23.7 Å². The molecule has 1 N–H and O–H groups in total. The summed E-state index contributed by atoms with van der Waals surface area (Å²) in [5, 5.41) is 11.0. The van der Waals surface area contributed by atoms with E-state index in [1.807, 2.05) is 0 Å². The summed E-state index contributed by atoms with van der Waals surface area (Å²) >= 11 is 0. The summed E-state index contributed by atoms with van der Waals surface area (Å²) in [6.45, 7) is 0.663. The zero-order valence-electron chi connectivity index (χ0n) is 14.2. The van der Waals surface area contributed by atoms with Gasteiger partial charge in [0.2, 0.25) is 5.79 Å². The molecule has 0 aromatic carbocycles. The summed E-state index contributed by atoms with van der Waals surface area (Å²) in [4.78, 5) is 0. The van der Waals surface area contributed by atoms with Crippen molar-refractivity contribution in [1.82, 2.24) is 0 Å². The summed E-state index contributed by atoms with van der Waals surface area (Å²) in [6, 6.07) is 0. The summed E-state index contributed by atoms with van der Waals surface area (Å²) < 4.78 is 30.8. The van der Waals surface area contributed by atoms with Crippen molar-refractivity contribution in [2.24, 2.45) is 0 Å². The van der Waals surface area contributed by atoms with E-state index in [9.17, 15) is 5.11 Å². The van der Waals surface area contributed by atoms with Crippen LogP contribution in [0.1, 0.15) is 64.2 Å². The first-order valence-electron chi connectivity index (χ1n) is 9.66. The van der Waals surface area contributed by atoms with Gasteiger partial charge in [-0.3, -0.25) is 0 Å². The Hall–Kier alpha value is -0.240. The van der Waals surface area contributed by atoms with E-state index >= 15 is 0 Å². The van der Waals surface area contributed by atoms with Crippen LogP contribution in [-0.4, -0.2) is 54.0 Å². The van der Waals surface area contributed by atoms with E-state index in [2.05, 4.69) is 0 Å². The zero-order valence-corrected chi connectivity index (χ0v) is 14.2. The Bertz CT molecular complexity index is 472. The van der Waals surface area contributed by atoms with Gasteiger partial charge in [0.05, 0.1) is 6.61 Å². The maximum absolute atomic E-state index is 11.0. The average Bonchev–Trinajstić information content (AvgIpc) is 3.13. The van der Waals surface area contributed by atoms with Crippen LogP contribution >= 0.6 is 0 Å². The molecular formula is C18H28O6. The molecule has 0 amide bonds. The highest BCUT2D eigenvalue weighted by Gasteiger charge is 2.64. The Morgan fingerprint density at radius 3 is 2.12 bits per heavy atom. The number of fused-ring (bicyclic) bond motifs is 1. The lowest BCUT2D eigenvalue weighted by molar-refractivity contribution is -0.336. The van der Waals surface area contributed by atoms with Gasteiger partial charge in [-0.05, 0) is 25.7 Å². The SMILES string of the molecule is OC1C2OC3(CCCCC3)OC2COC12COC1(CCCCC1)O2. The van der Waals surface area contributed by atoms with Crippen molar-refractivity contribution in [3.8, 4) is 0 Å². The second-order valence-electron chi connectivity index (χ2n) is 8.14. The van der Waals surface area contributed by atoms with Crippen LogP contribution in [0, 0.1) is 0 Å². The van der Waals surface area contributed by atoms with Crippen LogP contribution in [0.4, 0.5) is 0 Å². The lowest BCUT2D eigenvalue weighted by atomic mass is 9.93. The molecule has 5 rings (SSSR count). The van der Waals surface area contributed by atoms with Gasteiger partial charge in [0.15, 0.2) is 11.6 Å². The Morgan fingerprint density at radius 1 is 0.750 bits per heavy atom. The fourth-order valence-corrected chi connectivity index (χ4v) is 5.14. The van der Waals surface area contributed by atoms with Gasteiger partial charge in [0.25, 0.3) is 0 Å².